The first-order valence-electron chi connectivity index (χ1n) is 7.13. The minimum Gasteiger partial charge on any atom is -0.465 e. The standard InChI is InChI=1S/C11H12O2.C6H6ClNOS/c1-13-11(12)10-6-5-8-3-2-4-9(8)7-10;7-5-3-1-2-4-6(5)10(8)9/h5-7H,2-4H2,1H3;1-4H,8H2. The number of ether oxygens (including phenoxy) is 1. The molecular formula is C17H18ClNO3S. The number of aryl methyl sites for hydroxylation is 2. The molecule has 122 valence electrons. The summed E-state index contributed by atoms with van der Waals surface area (Å²) < 4.78 is 15.3. The highest BCUT2D eigenvalue weighted by Crippen LogP contribution is 2.22. The lowest BCUT2D eigenvalue weighted by atomic mass is 10.1. The highest BCUT2D eigenvalue weighted by Gasteiger charge is 2.13. The van der Waals surface area contributed by atoms with E-state index in [0.29, 0.717) is 15.5 Å². The fraction of sp³-hybridized carbons (Fsp3) is 0.235. The number of benzene rings is 2. The maximum absolute atomic E-state index is 11.2. The normalized spacial score (nSPS) is 13.5. The Morgan fingerprint density at radius 1 is 1.17 bits per heavy atom. The quantitative estimate of drug-likeness (QED) is 0.844. The van der Waals surface area contributed by atoms with Gasteiger partial charge in [-0.2, -0.15) is 0 Å². The molecule has 1 aliphatic rings. The van der Waals surface area contributed by atoms with Crippen molar-refractivity contribution in [3.05, 3.63) is 64.2 Å². The van der Waals surface area contributed by atoms with Crippen LogP contribution in [-0.2, 0) is 28.6 Å². The second kappa shape index (κ2) is 8.24. The fourth-order valence-corrected chi connectivity index (χ4v) is 3.26. The maximum Gasteiger partial charge on any atom is 0.337 e. The first-order chi connectivity index (χ1) is 11.0. The molecule has 2 N–H and O–H groups in total. The summed E-state index contributed by atoms with van der Waals surface area (Å²) >= 11 is 5.65. The van der Waals surface area contributed by atoms with Crippen LogP contribution < -0.4 is 5.14 Å². The third-order valence-electron chi connectivity index (χ3n) is 3.57. The molecule has 0 fully saturated rings. The van der Waals surface area contributed by atoms with Crippen LogP contribution in [0.3, 0.4) is 0 Å². The van der Waals surface area contributed by atoms with Crippen LogP contribution in [0.25, 0.3) is 0 Å². The van der Waals surface area contributed by atoms with Crippen molar-refractivity contribution in [1.82, 2.24) is 0 Å². The van der Waals surface area contributed by atoms with Gasteiger partial charge in [-0.25, -0.2) is 14.1 Å². The molecule has 0 radical (unpaired) electrons. The van der Waals surface area contributed by atoms with E-state index in [9.17, 15) is 9.00 Å². The van der Waals surface area contributed by atoms with Crippen molar-refractivity contribution < 1.29 is 13.7 Å². The molecule has 2 aromatic rings. The van der Waals surface area contributed by atoms with E-state index >= 15 is 0 Å². The van der Waals surface area contributed by atoms with Crippen LogP contribution in [0.4, 0.5) is 0 Å². The molecule has 0 aromatic heterocycles. The lowest BCUT2D eigenvalue weighted by Crippen LogP contribution is -2.02. The van der Waals surface area contributed by atoms with Crippen molar-refractivity contribution in [3.63, 3.8) is 0 Å². The first-order valence-corrected chi connectivity index (χ1v) is 8.73. The number of rotatable bonds is 2. The van der Waals surface area contributed by atoms with Gasteiger partial charge < -0.3 is 4.74 Å². The maximum atomic E-state index is 11.2. The van der Waals surface area contributed by atoms with Crippen LogP contribution in [0, 0.1) is 0 Å². The van der Waals surface area contributed by atoms with E-state index in [2.05, 4.69) is 4.74 Å². The van der Waals surface area contributed by atoms with Gasteiger partial charge in [0.2, 0.25) is 0 Å². The highest BCUT2D eigenvalue weighted by molar-refractivity contribution is 7.82. The second-order valence-corrected chi connectivity index (χ2v) is 6.50. The molecule has 0 saturated carbocycles. The summed E-state index contributed by atoms with van der Waals surface area (Å²) in [5.41, 5.74) is 3.36. The lowest BCUT2D eigenvalue weighted by Gasteiger charge is -2.02. The third-order valence-corrected chi connectivity index (χ3v) is 4.80. The molecular weight excluding hydrogens is 334 g/mol. The van der Waals surface area contributed by atoms with Crippen LogP contribution in [0.5, 0.6) is 0 Å². The Bertz CT molecular complexity index is 734. The van der Waals surface area contributed by atoms with Crippen molar-refractivity contribution in [3.8, 4) is 0 Å². The number of fused-ring (bicyclic) bond motifs is 1. The Morgan fingerprint density at radius 3 is 2.48 bits per heavy atom. The van der Waals surface area contributed by atoms with E-state index in [-0.39, 0.29) is 5.97 Å². The average Bonchev–Trinajstić information content (AvgIpc) is 3.02. The van der Waals surface area contributed by atoms with E-state index in [1.54, 1.807) is 24.3 Å². The van der Waals surface area contributed by atoms with Gasteiger partial charge in [0.1, 0.15) is 11.0 Å². The van der Waals surface area contributed by atoms with Gasteiger partial charge in [-0.1, -0.05) is 29.8 Å². The van der Waals surface area contributed by atoms with Gasteiger partial charge in [-0.15, -0.1) is 0 Å². The zero-order valence-electron chi connectivity index (χ0n) is 12.8. The number of hydrogen-bond acceptors (Lipinski definition) is 3. The fourth-order valence-electron chi connectivity index (χ4n) is 2.42. The van der Waals surface area contributed by atoms with E-state index in [4.69, 9.17) is 16.7 Å². The van der Waals surface area contributed by atoms with Crippen molar-refractivity contribution in [1.29, 1.82) is 0 Å². The minimum atomic E-state index is -1.47. The van der Waals surface area contributed by atoms with Crippen molar-refractivity contribution >= 4 is 28.6 Å². The molecule has 2 aromatic carbocycles. The van der Waals surface area contributed by atoms with Crippen LogP contribution in [0.1, 0.15) is 27.9 Å². The Balaban J connectivity index is 0.000000174. The Hall–Kier alpha value is -1.69. The Morgan fingerprint density at radius 2 is 1.87 bits per heavy atom. The summed E-state index contributed by atoms with van der Waals surface area (Å²) in [6.45, 7) is 0. The van der Waals surface area contributed by atoms with E-state index in [1.165, 1.54) is 24.7 Å². The summed E-state index contributed by atoms with van der Waals surface area (Å²) in [7, 11) is -0.0602. The summed E-state index contributed by atoms with van der Waals surface area (Å²) in [6, 6.07) is 12.6. The third kappa shape index (κ3) is 4.64. The molecule has 23 heavy (non-hydrogen) atoms. The summed E-state index contributed by atoms with van der Waals surface area (Å²) in [4.78, 5) is 11.7. The SMILES string of the molecule is COC(=O)c1ccc2c(c1)CCC2.NS(=O)c1ccccc1Cl. The number of carbonyl (C=O) groups excluding carboxylic acids is 1. The molecule has 0 bridgehead atoms. The number of hydrogen-bond donors (Lipinski definition) is 1. The van der Waals surface area contributed by atoms with Crippen LogP contribution >= 0.6 is 11.6 Å². The topological polar surface area (TPSA) is 69.4 Å². The van der Waals surface area contributed by atoms with E-state index in [0.717, 1.165) is 12.8 Å². The summed E-state index contributed by atoms with van der Waals surface area (Å²) in [5.74, 6) is -0.241. The van der Waals surface area contributed by atoms with Crippen molar-refractivity contribution in [2.45, 2.75) is 24.2 Å². The largest absolute Gasteiger partial charge is 0.465 e. The molecule has 0 amide bonds. The van der Waals surface area contributed by atoms with Crippen LogP contribution in [-0.4, -0.2) is 17.3 Å². The monoisotopic (exact) mass is 351 g/mol. The van der Waals surface area contributed by atoms with Gasteiger partial charge in [-0.05, 0) is 54.7 Å². The number of halogens is 1. The molecule has 1 aliphatic carbocycles. The summed E-state index contributed by atoms with van der Waals surface area (Å²) in [6.07, 6.45) is 3.46. The molecule has 1 unspecified atom stereocenters. The smallest absolute Gasteiger partial charge is 0.337 e. The first kappa shape index (κ1) is 17.7. The van der Waals surface area contributed by atoms with Crippen molar-refractivity contribution in [2.75, 3.05) is 7.11 Å². The molecule has 0 aliphatic heterocycles. The molecule has 1 atom stereocenters. The Kier molecular flexibility index (Phi) is 6.33. The molecule has 6 heteroatoms. The van der Waals surface area contributed by atoms with E-state index < -0.39 is 11.0 Å². The van der Waals surface area contributed by atoms with Crippen LogP contribution in [0.15, 0.2) is 47.4 Å². The number of esters is 1. The van der Waals surface area contributed by atoms with Gasteiger partial charge in [0.15, 0.2) is 0 Å². The average molecular weight is 352 g/mol. The molecule has 3 rings (SSSR count). The number of nitrogens with two attached hydrogens (primary N) is 1. The zero-order chi connectivity index (χ0) is 16.8. The van der Waals surface area contributed by atoms with Gasteiger partial charge in [-0.3, -0.25) is 0 Å². The number of carbonyl (C=O) groups is 1. The van der Waals surface area contributed by atoms with E-state index in [1.807, 2.05) is 18.2 Å². The molecule has 4 nitrogen and oxygen atoms in total. The highest BCUT2D eigenvalue weighted by atomic mass is 35.5. The van der Waals surface area contributed by atoms with Gasteiger partial charge in [0.05, 0.1) is 22.6 Å². The molecule has 0 spiro atoms. The van der Waals surface area contributed by atoms with Crippen molar-refractivity contribution in [2.24, 2.45) is 5.14 Å². The second-order valence-electron chi connectivity index (χ2n) is 5.06. The number of methoxy groups -OCH3 is 1. The Labute approximate surface area is 143 Å². The van der Waals surface area contributed by atoms with Gasteiger partial charge in [0, 0.05) is 0 Å². The molecule has 0 saturated heterocycles. The minimum absolute atomic E-state index is 0.241. The zero-order valence-corrected chi connectivity index (χ0v) is 14.3. The lowest BCUT2D eigenvalue weighted by molar-refractivity contribution is 0.0600. The predicted octanol–water partition coefficient (Wildman–Crippen LogP) is 3.28. The predicted molar refractivity (Wildman–Crippen MR) is 91.9 cm³/mol. The van der Waals surface area contributed by atoms with Gasteiger partial charge in [0.25, 0.3) is 0 Å². The summed E-state index contributed by atoms with van der Waals surface area (Å²) in [5, 5.41) is 5.55. The molecule has 0 heterocycles. The van der Waals surface area contributed by atoms with Gasteiger partial charge >= 0.3 is 5.97 Å². The van der Waals surface area contributed by atoms with Crippen LogP contribution in [0.2, 0.25) is 5.02 Å².